The number of hydrogen-bond donors (Lipinski definition) is 1. The highest BCUT2D eigenvalue weighted by atomic mass is 19.1. The maximum absolute atomic E-state index is 12.9. The predicted molar refractivity (Wildman–Crippen MR) is 64.8 cm³/mol. The maximum Gasteiger partial charge on any atom is 0.123 e. The first-order chi connectivity index (χ1) is 7.81. The van der Waals surface area contributed by atoms with Crippen molar-refractivity contribution >= 4 is 0 Å². The van der Waals surface area contributed by atoms with E-state index in [1.54, 1.807) is 12.1 Å². The smallest absolute Gasteiger partial charge is 0.123 e. The second-order valence-corrected chi connectivity index (χ2v) is 4.78. The van der Waals surface area contributed by atoms with Gasteiger partial charge in [0.25, 0.3) is 0 Å². The molecular formula is C14H20FN. The standard InChI is InChI=1S/C14H20FN/c15-13-7-5-12(6-8-13)14(9-10-16)11-3-1-2-4-11/h5-8,11,14H,1-4,9-10,16H2. The maximum atomic E-state index is 12.9. The molecule has 1 unspecified atom stereocenters. The molecule has 1 atom stereocenters. The van der Waals surface area contributed by atoms with Gasteiger partial charge in [0, 0.05) is 0 Å². The Morgan fingerprint density at radius 1 is 1.19 bits per heavy atom. The minimum Gasteiger partial charge on any atom is -0.330 e. The van der Waals surface area contributed by atoms with Gasteiger partial charge in [-0.25, -0.2) is 4.39 Å². The zero-order valence-corrected chi connectivity index (χ0v) is 9.66. The minimum atomic E-state index is -0.151. The van der Waals surface area contributed by atoms with Crippen LogP contribution >= 0.6 is 0 Å². The summed E-state index contributed by atoms with van der Waals surface area (Å²) in [6, 6.07) is 6.98. The van der Waals surface area contributed by atoms with E-state index in [1.165, 1.54) is 31.2 Å². The highest BCUT2D eigenvalue weighted by Crippen LogP contribution is 2.39. The molecule has 88 valence electrons. The third kappa shape index (κ3) is 2.62. The molecule has 0 bridgehead atoms. The Bertz CT molecular complexity index is 314. The second kappa shape index (κ2) is 5.44. The van der Waals surface area contributed by atoms with Gasteiger partial charge in [0.2, 0.25) is 0 Å². The van der Waals surface area contributed by atoms with Crippen LogP contribution in [0.5, 0.6) is 0 Å². The number of benzene rings is 1. The van der Waals surface area contributed by atoms with Gasteiger partial charge in [0.15, 0.2) is 0 Å². The van der Waals surface area contributed by atoms with Crippen molar-refractivity contribution < 1.29 is 4.39 Å². The summed E-state index contributed by atoms with van der Waals surface area (Å²) < 4.78 is 12.9. The van der Waals surface area contributed by atoms with E-state index in [1.807, 2.05) is 12.1 Å². The molecule has 1 fully saturated rings. The lowest BCUT2D eigenvalue weighted by Gasteiger charge is -2.23. The lowest BCUT2D eigenvalue weighted by Crippen LogP contribution is -2.14. The Balaban J connectivity index is 2.14. The average molecular weight is 221 g/mol. The molecule has 16 heavy (non-hydrogen) atoms. The summed E-state index contributed by atoms with van der Waals surface area (Å²) >= 11 is 0. The molecule has 0 spiro atoms. The normalized spacial score (nSPS) is 18.9. The van der Waals surface area contributed by atoms with Gasteiger partial charge < -0.3 is 5.73 Å². The third-order valence-corrected chi connectivity index (χ3v) is 3.74. The second-order valence-electron chi connectivity index (χ2n) is 4.78. The zero-order valence-electron chi connectivity index (χ0n) is 9.66. The van der Waals surface area contributed by atoms with Crippen molar-refractivity contribution in [2.24, 2.45) is 11.7 Å². The van der Waals surface area contributed by atoms with Crippen LogP contribution in [0.2, 0.25) is 0 Å². The van der Waals surface area contributed by atoms with E-state index >= 15 is 0 Å². The Kier molecular flexibility index (Phi) is 3.94. The molecule has 1 aromatic rings. The Morgan fingerprint density at radius 3 is 2.38 bits per heavy atom. The van der Waals surface area contributed by atoms with E-state index in [9.17, 15) is 4.39 Å². The zero-order chi connectivity index (χ0) is 11.4. The Labute approximate surface area is 96.9 Å². The summed E-state index contributed by atoms with van der Waals surface area (Å²) in [5.74, 6) is 1.14. The molecule has 0 saturated heterocycles. The molecule has 0 aliphatic heterocycles. The molecule has 2 rings (SSSR count). The van der Waals surface area contributed by atoms with E-state index in [0.717, 1.165) is 18.9 Å². The Morgan fingerprint density at radius 2 is 1.81 bits per heavy atom. The van der Waals surface area contributed by atoms with Gasteiger partial charge in [-0.3, -0.25) is 0 Å². The number of nitrogens with two attached hydrogens (primary N) is 1. The van der Waals surface area contributed by atoms with Gasteiger partial charge in [-0.05, 0) is 55.3 Å². The molecule has 1 nitrogen and oxygen atoms in total. The molecule has 0 amide bonds. The summed E-state index contributed by atoms with van der Waals surface area (Å²) in [5.41, 5.74) is 6.95. The predicted octanol–water partition coefficient (Wildman–Crippen LogP) is 3.45. The average Bonchev–Trinajstić information content (AvgIpc) is 2.81. The van der Waals surface area contributed by atoms with E-state index in [2.05, 4.69) is 0 Å². The van der Waals surface area contributed by atoms with Crippen LogP contribution in [0.1, 0.15) is 43.6 Å². The van der Waals surface area contributed by atoms with Crippen LogP contribution in [0, 0.1) is 11.7 Å². The summed E-state index contributed by atoms with van der Waals surface area (Å²) in [6.45, 7) is 0.721. The lowest BCUT2D eigenvalue weighted by atomic mass is 9.82. The molecule has 0 radical (unpaired) electrons. The first-order valence-corrected chi connectivity index (χ1v) is 6.27. The molecule has 1 aromatic carbocycles. The summed E-state index contributed by atoms with van der Waals surface area (Å²) in [7, 11) is 0. The first kappa shape index (κ1) is 11.6. The molecule has 1 aliphatic rings. The van der Waals surface area contributed by atoms with Gasteiger partial charge in [0.05, 0.1) is 0 Å². The number of halogens is 1. The van der Waals surface area contributed by atoms with Crippen LogP contribution in [0.3, 0.4) is 0 Å². The van der Waals surface area contributed by atoms with E-state index in [-0.39, 0.29) is 5.82 Å². The number of rotatable bonds is 4. The van der Waals surface area contributed by atoms with Crippen LogP contribution in [-0.2, 0) is 0 Å². The summed E-state index contributed by atoms with van der Waals surface area (Å²) in [4.78, 5) is 0. The molecule has 2 N–H and O–H groups in total. The fraction of sp³-hybridized carbons (Fsp3) is 0.571. The SMILES string of the molecule is NCCC(c1ccc(F)cc1)C1CCCC1. The largest absolute Gasteiger partial charge is 0.330 e. The van der Waals surface area contributed by atoms with Crippen molar-refractivity contribution in [3.8, 4) is 0 Å². The van der Waals surface area contributed by atoms with Gasteiger partial charge in [-0.1, -0.05) is 25.0 Å². The van der Waals surface area contributed by atoms with Crippen LogP contribution < -0.4 is 5.73 Å². The molecule has 2 heteroatoms. The summed E-state index contributed by atoms with van der Waals surface area (Å²) in [5, 5.41) is 0. The summed E-state index contributed by atoms with van der Waals surface area (Å²) in [6.07, 6.45) is 6.32. The van der Waals surface area contributed by atoms with Crippen LogP contribution in [-0.4, -0.2) is 6.54 Å². The van der Waals surface area contributed by atoms with Gasteiger partial charge in [-0.15, -0.1) is 0 Å². The van der Waals surface area contributed by atoms with Crippen molar-refractivity contribution in [2.75, 3.05) is 6.54 Å². The van der Waals surface area contributed by atoms with Crippen molar-refractivity contribution in [1.29, 1.82) is 0 Å². The van der Waals surface area contributed by atoms with Crippen molar-refractivity contribution in [2.45, 2.75) is 38.0 Å². The van der Waals surface area contributed by atoms with Crippen molar-refractivity contribution in [3.05, 3.63) is 35.6 Å². The van der Waals surface area contributed by atoms with Crippen LogP contribution in [0.15, 0.2) is 24.3 Å². The van der Waals surface area contributed by atoms with Gasteiger partial charge in [-0.2, -0.15) is 0 Å². The molecule has 1 aliphatic carbocycles. The molecular weight excluding hydrogens is 201 g/mol. The van der Waals surface area contributed by atoms with Crippen molar-refractivity contribution in [1.82, 2.24) is 0 Å². The minimum absolute atomic E-state index is 0.151. The topological polar surface area (TPSA) is 26.0 Å². The van der Waals surface area contributed by atoms with E-state index < -0.39 is 0 Å². The molecule has 0 aromatic heterocycles. The van der Waals surface area contributed by atoms with Gasteiger partial charge in [0.1, 0.15) is 5.82 Å². The quantitative estimate of drug-likeness (QED) is 0.828. The Hall–Kier alpha value is -0.890. The van der Waals surface area contributed by atoms with E-state index in [0.29, 0.717) is 5.92 Å². The molecule has 0 heterocycles. The lowest BCUT2D eigenvalue weighted by molar-refractivity contribution is 0.415. The highest BCUT2D eigenvalue weighted by Gasteiger charge is 2.25. The highest BCUT2D eigenvalue weighted by molar-refractivity contribution is 5.21. The molecule has 1 saturated carbocycles. The fourth-order valence-corrected chi connectivity index (χ4v) is 2.92. The fourth-order valence-electron chi connectivity index (χ4n) is 2.92. The van der Waals surface area contributed by atoms with Crippen LogP contribution in [0.4, 0.5) is 4.39 Å². The first-order valence-electron chi connectivity index (χ1n) is 6.27. The van der Waals surface area contributed by atoms with Crippen LogP contribution in [0.25, 0.3) is 0 Å². The number of hydrogen-bond acceptors (Lipinski definition) is 1. The van der Waals surface area contributed by atoms with Crippen molar-refractivity contribution in [3.63, 3.8) is 0 Å². The van der Waals surface area contributed by atoms with Gasteiger partial charge >= 0.3 is 0 Å². The van der Waals surface area contributed by atoms with E-state index in [4.69, 9.17) is 5.73 Å². The monoisotopic (exact) mass is 221 g/mol. The third-order valence-electron chi connectivity index (χ3n) is 3.74.